The maximum absolute atomic E-state index is 10.1. The zero-order valence-corrected chi connectivity index (χ0v) is 13.2. The van der Waals surface area contributed by atoms with E-state index in [1.54, 1.807) is 20.3 Å². The molecule has 1 aromatic carbocycles. The molecule has 1 aromatic rings. The average Bonchev–Trinajstić information content (AvgIpc) is 2.43. The van der Waals surface area contributed by atoms with Crippen molar-refractivity contribution >= 4 is 15.9 Å². The number of halogens is 1. The van der Waals surface area contributed by atoms with E-state index >= 15 is 0 Å². The Kier molecular flexibility index (Phi) is 6.62. The molecule has 0 aromatic heterocycles. The van der Waals surface area contributed by atoms with Crippen LogP contribution in [0.4, 0.5) is 0 Å². The van der Waals surface area contributed by atoms with Crippen LogP contribution in [-0.4, -0.2) is 25.4 Å². The molecule has 108 valence electrons. The van der Waals surface area contributed by atoms with Crippen LogP contribution in [-0.2, 0) is 0 Å². The highest BCUT2D eigenvalue weighted by molar-refractivity contribution is 9.10. The molecule has 1 rings (SSSR count). The van der Waals surface area contributed by atoms with Crippen LogP contribution in [0.3, 0.4) is 0 Å². The summed E-state index contributed by atoms with van der Waals surface area (Å²) in [6, 6.07) is 3.17. The Balaban J connectivity index is 2.99. The number of benzene rings is 1. The summed E-state index contributed by atoms with van der Waals surface area (Å²) >= 11 is 3.46. The van der Waals surface area contributed by atoms with Crippen molar-refractivity contribution in [3.05, 3.63) is 22.2 Å². The molecule has 0 aliphatic carbocycles. The van der Waals surface area contributed by atoms with E-state index in [0.717, 1.165) is 22.9 Å². The van der Waals surface area contributed by atoms with Crippen molar-refractivity contribution in [2.24, 2.45) is 5.73 Å². The van der Waals surface area contributed by atoms with Crippen LogP contribution in [0.2, 0.25) is 0 Å². The molecule has 0 fully saturated rings. The summed E-state index contributed by atoms with van der Waals surface area (Å²) in [5.41, 5.74) is 6.94. The topological polar surface area (TPSA) is 64.7 Å². The quantitative estimate of drug-likeness (QED) is 0.806. The Morgan fingerprint density at radius 3 is 2.37 bits per heavy atom. The average molecular weight is 332 g/mol. The highest BCUT2D eigenvalue weighted by Gasteiger charge is 2.21. The predicted octanol–water partition coefficient (Wildman–Crippen LogP) is 3.02. The number of nitrogens with two attached hydrogens (primary N) is 1. The van der Waals surface area contributed by atoms with Gasteiger partial charge in [-0.3, -0.25) is 0 Å². The first kappa shape index (κ1) is 16.3. The second kappa shape index (κ2) is 7.72. The largest absolute Gasteiger partial charge is 0.493 e. The van der Waals surface area contributed by atoms with Gasteiger partial charge >= 0.3 is 0 Å². The smallest absolute Gasteiger partial charge is 0.161 e. The first-order valence-corrected chi connectivity index (χ1v) is 7.19. The van der Waals surface area contributed by atoms with Crippen LogP contribution in [0.15, 0.2) is 16.6 Å². The van der Waals surface area contributed by atoms with Crippen molar-refractivity contribution in [2.75, 3.05) is 14.2 Å². The van der Waals surface area contributed by atoms with Gasteiger partial charge in [0, 0.05) is 4.47 Å². The first-order chi connectivity index (χ1) is 9.04. The van der Waals surface area contributed by atoms with Gasteiger partial charge in [-0.1, -0.05) is 35.7 Å². The second-order valence-corrected chi connectivity index (χ2v) is 5.32. The second-order valence-electron chi connectivity index (χ2n) is 4.46. The summed E-state index contributed by atoms with van der Waals surface area (Å²) in [5, 5.41) is 10.1. The lowest BCUT2D eigenvalue weighted by atomic mass is 9.98. The van der Waals surface area contributed by atoms with Crippen LogP contribution in [0.5, 0.6) is 11.5 Å². The first-order valence-electron chi connectivity index (χ1n) is 6.40. The molecule has 3 N–H and O–H groups in total. The standard InChI is InChI=1S/C14H22BrNO3/c1-4-5-6-11(17)14(16)9-7-12(18-2)13(19-3)8-10(9)15/h7-8,11,14,17H,4-6,16H2,1-3H3/t11-,14+/m0/s1. The van der Waals surface area contributed by atoms with Gasteiger partial charge in [-0.25, -0.2) is 0 Å². The third-order valence-electron chi connectivity index (χ3n) is 3.13. The van der Waals surface area contributed by atoms with Crippen molar-refractivity contribution in [1.82, 2.24) is 0 Å². The molecule has 0 saturated carbocycles. The highest BCUT2D eigenvalue weighted by Crippen LogP contribution is 2.36. The summed E-state index contributed by atoms with van der Waals surface area (Å²) in [6.45, 7) is 2.09. The lowest BCUT2D eigenvalue weighted by molar-refractivity contribution is 0.132. The fraction of sp³-hybridized carbons (Fsp3) is 0.571. The molecule has 0 unspecified atom stereocenters. The zero-order valence-electron chi connectivity index (χ0n) is 11.6. The maximum atomic E-state index is 10.1. The van der Waals surface area contributed by atoms with E-state index in [0.29, 0.717) is 17.9 Å². The summed E-state index contributed by atoms with van der Waals surface area (Å²) in [7, 11) is 3.16. The van der Waals surface area contributed by atoms with Crippen LogP contribution >= 0.6 is 15.9 Å². The molecule has 0 spiro atoms. The van der Waals surface area contributed by atoms with Crippen LogP contribution in [0.1, 0.15) is 37.8 Å². The van der Waals surface area contributed by atoms with E-state index < -0.39 is 12.1 Å². The van der Waals surface area contributed by atoms with Gasteiger partial charge < -0.3 is 20.3 Å². The van der Waals surface area contributed by atoms with Crippen LogP contribution in [0.25, 0.3) is 0 Å². The van der Waals surface area contributed by atoms with Crippen molar-refractivity contribution < 1.29 is 14.6 Å². The molecule has 0 radical (unpaired) electrons. The minimum absolute atomic E-state index is 0.444. The van der Waals surface area contributed by atoms with Gasteiger partial charge in [0.25, 0.3) is 0 Å². The SMILES string of the molecule is CCCC[C@H](O)[C@H](N)c1cc(OC)c(OC)cc1Br. The van der Waals surface area contributed by atoms with E-state index in [1.165, 1.54) is 0 Å². The van der Waals surface area contributed by atoms with Crippen molar-refractivity contribution in [1.29, 1.82) is 0 Å². The molecule has 5 heteroatoms. The third kappa shape index (κ3) is 4.09. The minimum Gasteiger partial charge on any atom is -0.493 e. The number of rotatable bonds is 7. The van der Waals surface area contributed by atoms with Gasteiger partial charge in [0.1, 0.15) is 0 Å². The molecule has 0 saturated heterocycles. The molecule has 0 aliphatic rings. The van der Waals surface area contributed by atoms with Crippen molar-refractivity contribution in [3.63, 3.8) is 0 Å². The molecule has 2 atom stereocenters. The molecule has 0 amide bonds. The van der Waals surface area contributed by atoms with E-state index in [1.807, 2.05) is 6.07 Å². The lowest BCUT2D eigenvalue weighted by Crippen LogP contribution is -2.26. The number of aliphatic hydroxyl groups excluding tert-OH is 1. The molecule has 0 bridgehead atoms. The van der Waals surface area contributed by atoms with E-state index in [4.69, 9.17) is 15.2 Å². The fourth-order valence-electron chi connectivity index (χ4n) is 1.93. The number of ether oxygens (including phenoxy) is 2. The van der Waals surface area contributed by atoms with Gasteiger partial charge in [0.05, 0.1) is 26.4 Å². The Bertz CT molecular complexity index is 412. The van der Waals surface area contributed by atoms with Gasteiger partial charge in [0.2, 0.25) is 0 Å². The lowest BCUT2D eigenvalue weighted by Gasteiger charge is -2.21. The van der Waals surface area contributed by atoms with E-state index in [2.05, 4.69) is 22.9 Å². The van der Waals surface area contributed by atoms with Gasteiger partial charge in [-0.15, -0.1) is 0 Å². The summed E-state index contributed by atoms with van der Waals surface area (Å²) in [6.07, 6.45) is 2.13. The summed E-state index contributed by atoms with van der Waals surface area (Å²) in [4.78, 5) is 0. The monoisotopic (exact) mass is 331 g/mol. The Hall–Kier alpha value is -0.780. The molecular weight excluding hydrogens is 310 g/mol. The fourth-order valence-corrected chi connectivity index (χ4v) is 2.51. The predicted molar refractivity (Wildman–Crippen MR) is 79.7 cm³/mol. The number of hydrogen-bond donors (Lipinski definition) is 2. The Morgan fingerprint density at radius 1 is 1.26 bits per heavy atom. The van der Waals surface area contributed by atoms with Gasteiger partial charge in [-0.2, -0.15) is 0 Å². The zero-order chi connectivity index (χ0) is 14.4. The van der Waals surface area contributed by atoms with Crippen LogP contribution in [0, 0.1) is 0 Å². The number of methoxy groups -OCH3 is 2. The molecule has 4 nitrogen and oxygen atoms in total. The Morgan fingerprint density at radius 2 is 1.84 bits per heavy atom. The normalized spacial score (nSPS) is 14.0. The number of unbranched alkanes of at least 4 members (excludes halogenated alkanes) is 1. The minimum atomic E-state index is -0.561. The summed E-state index contributed by atoms with van der Waals surface area (Å²) in [5.74, 6) is 1.24. The molecule has 19 heavy (non-hydrogen) atoms. The summed E-state index contributed by atoms with van der Waals surface area (Å²) < 4.78 is 11.3. The van der Waals surface area contributed by atoms with E-state index in [-0.39, 0.29) is 0 Å². The molecule has 0 heterocycles. The van der Waals surface area contributed by atoms with Crippen LogP contribution < -0.4 is 15.2 Å². The number of aliphatic hydroxyl groups is 1. The van der Waals surface area contributed by atoms with Gasteiger partial charge in [0.15, 0.2) is 11.5 Å². The highest BCUT2D eigenvalue weighted by atomic mass is 79.9. The van der Waals surface area contributed by atoms with E-state index in [9.17, 15) is 5.11 Å². The molecule has 0 aliphatic heterocycles. The van der Waals surface area contributed by atoms with Crippen molar-refractivity contribution in [3.8, 4) is 11.5 Å². The molecular formula is C14H22BrNO3. The van der Waals surface area contributed by atoms with Crippen molar-refractivity contribution in [2.45, 2.75) is 38.3 Å². The van der Waals surface area contributed by atoms with Gasteiger partial charge in [-0.05, 0) is 24.1 Å². The maximum Gasteiger partial charge on any atom is 0.161 e. The Labute approximate surface area is 123 Å². The number of hydrogen-bond acceptors (Lipinski definition) is 4. The third-order valence-corrected chi connectivity index (χ3v) is 3.82.